The molecule has 1 aromatic heterocycles. The van der Waals surface area contributed by atoms with E-state index in [4.69, 9.17) is 14.2 Å². The second-order valence-corrected chi connectivity index (χ2v) is 7.55. The van der Waals surface area contributed by atoms with Gasteiger partial charge in [0.15, 0.2) is 22.5 Å². The summed E-state index contributed by atoms with van der Waals surface area (Å²) >= 11 is 1.74. The number of hydrogen-bond donors (Lipinski definition) is 0. The van der Waals surface area contributed by atoms with Crippen molar-refractivity contribution >= 4 is 11.8 Å². The molecule has 6 nitrogen and oxygen atoms in total. The van der Waals surface area contributed by atoms with Gasteiger partial charge in [-0.15, -0.1) is 10.2 Å². The van der Waals surface area contributed by atoms with Gasteiger partial charge in [0.1, 0.15) is 0 Å². The predicted octanol–water partition coefficient (Wildman–Crippen LogP) is 4.59. The molecule has 0 radical (unpaired) electrons. The summed E-state index contributed by atoms with van der Waals surface area (Å²) in [6.45, 7) is 2.14. The number of benzene rings is 1. The second kappa shape index (κ2) is 8.66. The summed E-state index contributed by atoms with van der Waals surface area (Å²) < 4.78 is 18.8. The molecule has 1 aromatic carbocycles. The lowest BCUT2D eigenvalue weighted by atomic mass is 9.95. The quantitative estimate of drug-likeness (QED) is 0.658. The van der Waals surface area contributed by atoms with E-state index in [-0.39, 0.29) is 0 Å². The highest BCUT2D eigenvalue weighted by Gasteiger charge is 2.25. The van der Waals surface area contributed by atoms with Gasteiger partial charge >= 0.3 is 0 Å². The first-order valence-electron chi connectivity index (χ1n) is 9.11. The smallest absolute Gasteiger partial charge is 0.203 e. The van der Waals surface area contributed by atoms with E-state index in [1.165, 1.54) is 32.1 Å². The van der Waals surface area contributed by atoms with Crippen LogP contribution in [0.5, 0.6) is 17.2 Å². The van der Waals surface area contributed by atoms with Gasteiger partial charge in [-0.05, 0) is 30.7 Å². The molecule has 1 fully saturated rings. The molecule has 1 heterocycles. The molecule has 2 aromatic rings. The zero-order valence-corrected chi connectivity index (χ0v) is 16.8. The Morgan fingerprint density at radius 1 is 1.00 bits per heavy atom. The van der Waals surface area contributed by atoms with Crippen LogP contribution >= 0.6 is 11.8 Å². The van der Waals surface area contributed by atoms with Crippen molar-refractivity contribution in [3.8, 4) is 28.6 Å². The van der Waals surface area contributed by atoms with Crippen LogP contribution in [0.15, 0.2) is 17.3 Å². The molecular weight excluding hydrogens is 350 g/mol. The third-order valence-corrected chi connectivity index (χ3v) is 5.63. The molecule has 0 aliphatic heterocycles. The van der Waals surface area contributed by atoms with Crippen LogP contribution in [-0.4, -0.2) is 41.8 Å². The minimum atomic E-state index is 0.446. The first-order valence-corrected chi connectivity index (χ1v) is 10.1. The summed E-state index contributed by atoms with van der Waals surface area (Å²) in [5.74, 6) is 3.69. The average Bonchev–Trinajstić information content (AvgIpc) is 3.11. The summed E-state index contributed by atoms with van der Waals surface area (Å²) in [4.78, 5) is 0. The van der Waals surface area contributed by atoms with E-state index in [9.17, 15) is 0 Å². The molecule has 3 rings (SSSR count). The van der Waals surface area contributed by atoms with Crippen LogP contribution in [0.25, 0.3) is 11.4 Å². The number of aromatic nitrogens is 3. The molecule has 1 aliphatic rings. The molecule has 142 valence electrons. The van der Waals surface area contributed by atoms with Gasteiger partial charge in [-0.25, -0.2) is 0 Å². The third kappa shape index (κ3) is 3.63. The Hall–Kier alpha value is -1.89. The lowest BCUT2D eigenvalue weighted by Gasteiger charge is -2.25. The average molecular weight is 378 g/mol. The first-order chi connectivity index (χ1) is 12.7. The van der Waals surface area contributed by atoms with E-state index in [1.807, 2.05) is 12.1 Å². The molecule has 0 unspecified atom stereocenters. The topological polar surface area (TPSA) is 58.4 Å². The lowest BCUT2D eigenvalue weighted by Crippen LogP contribution is -2.15. The van der Waals surface area contributed by atoms with Gasteiger partial charge in [-0.1, -0.05) is 37.9 Å². The van der Waals surface area contributed by atoms with Crippen molar-refractivity contribution < 1.29 is 14.2 Å². The molecule has 26 heavy (non-hydrogen) atoms. The van der Waals surface area contributed by atoms with Crippen LogP contribution in [0, 0.1) is 0 Å². The van der Waals surface area contributed by atoms with Crippen LogP contribution in [0.3, 0.4) is 0 Å². The molecule has 1 saturated carbocycles. The zero-order chi connectivity index (χ0) is 18.5. The van der Waals surface area contributed by atoms with Crippen molar-refractivity contribution in [2.75, 3.05) is 27.1 Å². The molecule has 0 amide bonds. The summed E-state index contributed by atoms with van der Waals surface area (Å²) in [5.41, 5.74) is 0.931. The van der Waals surface area contributed by atoms with Gasteiger partial charge in [0, 0.05) is 11.6 Å². The predicted molar refractivity (Wildman–Crippen MR) is 104 cm³/mol. The fourth-order valence-corrected chi connectivity index (χ4v) is 4.31. The maximum Gasteiger partial charge on any atom is 0.203 e. The van der Waals surface area contributed by atoms with Crippen molar-refractivity contribution in [2.24, 2.45) is 0 Å². The van der Waals surface area contributed by atoms with Crippen molar-refractivity contribution in [1.29, 1.82) is 0 Å². The van der Waals surface area contributed by atoms with E-state index in [1.54, 1.807) is 33.1 Å². The van der Waals surface area contributed by atoms with E-state index < -0.39 is 0 Å². The molecule has 0 N–H and O–H groups in total. The van der Waals surface area contributed by atoms with E-state index in [0.29, 0.717) is 23.3 Å². The Morgan fingerprint density at radius 2 is 1.65 bits per heavy atom. The summed E-state index contributed by atoms with van der Waals surface area (Å²) in [5, 5.41) is 9.99. The number of thioether (sulfide) groups is 1. The Kier molecular flexibility index (Phi) is 6.29. The van der Waals surface area contributed by atoms with Crippen molar-refractivity contribution in [1.82, 2.24) is 14.8 Å². The maximum absolute atomic E-state index is 5.51. The molecule has 0 bridgehead atoms. The van der Waals surface area contributed by atoms with Crippen molar-refractivity contribution in [3.05, 3.63) is 12.1 Å². The normalized spacial score (nSPS) is 15.1. The molecule has 0 atom stereocenters. The number of methoxy groups -OCH3 is 3. The van der Waals surface area contributed by atoms with Gasteiger partial charge in [0.25, 0.3) is 0 Å². The monoisotopic (exact) mass is 377 g/mol. The summed E-state index contributed by atoms with van der Waals surface area (Å²) in [6, 6.07) is 4.35. The van der Waals surface area contributed by atoms with E-state index in [2.05, 4.69) is 21.7 Å². The van der Waals surface area contributed by atoms with Crippen molar-refractivity contribution in [3.63, 3.8) is 0 Å². The van der Waals surface area contributed by atoms with Gasteiger partial charge in [-0.2, -0.15) is 0 Å². The van der Waals surface area contributed by atoms with Gasteiger partial charge in [-0.3, -0.25) is 4.57 Å². The zero-order valence-electron chi connectivity index (χ0n) is 15.9. The second-order valence-electron chi connectivity index (χ2n) is 6.32. The summed E-state index contributed by atoms with van der Waals surface area (Å²) in [7, 11) is 4.87. The fraction of sp³-hybridized carbons (Fsp3) is 0.579. The van der Waals surface area contributed by atoms with Gasteiger partial charge in [0.2, 0.25) is 5.75 Å². The number of ether oxygens (including phenoxy) is 3. The van der Waals surface area contributed by atoms with Crippen LogP contribution in [0.1, 0.15) is 45.1 Å². The molecule has 7 heteroatoms. The van der Waals surface area contributed by atoms with Gasteiger partial charge in [0.05, 0.1) is 21.3 Å². The van der Waals surface area contributed by atoms with E-state index in [0.717, 1.165) is 22.3 Å². The third-order valence-electron chi connectivity index (χ3n) is 4.80. The van der Waals surface area contributed by atoms with Crippen LogP contribution < -0.4 is 14.2 Å². The van der Waals surface area contributed by atoms with Crippen LogP contribution in [-0.2, 0) is 0 Å². The minimum absolute atomic E-state index is 0.446. The minimum Gasteiger partial charge on any atom is -0.493 e. The molecule has 0 spiro atoms. The highest BCUT2D eigenvalue weighted by molar-refractivity contribution is 7.99. The summed E-state index contributed by atoms with van der Waals surface area (Å²) in [6.07, 6.45) is 6.18. The fourth-order valence-electron chi connectivity index (χ4n) is 3.58. The van der Waals surface area contributed by atoms with Crippen LogP contribution in [0.4, 0.5) is 0 Å². The molecule has 0 saturated heterocycles. The Labute approximate surface area is 159 Å². The van der Waals surface area contributed by atoms with Crippen LogP contribution in [0.2, 0.25) is 0 Å². The standard InChI is InChI=1S/C19H27N3O3S/c1-5-26-19-21-20-18(22(19)14-9-7-6-8-10-14)13-11-15(23-2)17(25-4)16(12-13)24-3/h11-12,14H,5-10H2,1-4H3. The Balaban J connectivity index is 2.11. The number of rotatable bonds is 7. The largest absolute Gasteiger partial charge is 0.493 e. The highest BCUT2D eigenvalue weighted by Crippen LogP contribution is 2.42. The van der Waals surface area contributed by atoms with Gasteiger partial charge < -0.3 is 14.2 Å². The highest BCUT2D eigenvalue weighted by atomic mass is 32.2. The number of hydrogen-bond acceptors (Lipinski definition) is 6. The number of nitrogens with zero attached hydrogens (tertiary/aromatic N) is 3. The SMILES string of the molecule is CCSc1nnc(-c2cc(OC)c(OC)c(OC)c2)n1C1CCCCC1. The molecular formula is C19H27N3O3S. The Bertz CT molecular complexity index is 717. The lowest BCUT2D eigenvalue weighted by molar-refractivity contribution is 0.324. The van der Waals surface area contributed by atoms with E-state index >= 15 is 0 Å². The first kappa shape index (κ1) is 18.9. The maximum atomic E-state index is 5.51. The van der Waals surface area contributed by atoms with Crippen molar-refractivity contribution in [2.45, 2.75) is 50.2 Å². The Morgan fingerprint density at radius 3 is 2.19 bits per heavy atom. The molecule has 1 aliphatic carbocycles.